The van der Waals surface area contributed by atoms with Crippen LogP contribution >= 0.6 is 34.2 Å². The third kappa shape index (κ3) is 3.76. The SMILES string of the molecule is Cl/C(=C\C=Nc1ccc(I)cc1)c1ccc2ccccc2c1. The molecule has 22 heavy (non-hydrogen) atoms. The van der Waals surface area contributed by atoms with Gasteiger partial charge in [0.1, 0.15) is 0 Å². The summed E-state index contributed by atoms with van der Waals surface area (Å²) in [6.45, 7) is 0. The van der Waals surface area contributed by atoms with Gasteiger partial charge in [-0.2, -0.15) is 0 Å². The van der Waals surface area contributed by atoms with Gasteiger partial charge in [0.25, 0.3) is 0 Å². The van der Waals surface area contributed by atoms with Crippen molar-refractivity contribution >= 4 is 61.9 Å². The molecule has 0 radical (unpaired) electrons. The van der Waals surface area contributed by atoms with Gasteiger partial charge in [0, 0.05) is 14.8 Å². The first-order valence-corrected chi connectivity index (χ1v) is 8.33. The van der Waals surface area contributed by atoms with Gasteiger partial charge in [-0.05, 0) is 75.3 Å². The van der Waals surface area contributed by atoms with Crippen molar-refractivity contribution in [2.45, 2.75) is 0 Å². The van der Waals surface area contributed by atoms with Crippen molar-refractivity contribution in [1.29, 1.82) is 0 Å². The Morgan fingerprint density at radius 1 is 0.909 bits per heavy atom. The fourth-order valence-corrected chi connectivity index (χ4v) is 2.68. The van der Waals surface area contributed by atoms with Crippen LogP contribution in [0.4, 0.5) is 5.69 Å². The summed E-state index contributed by atoms with van der Waals surface area (Å²) in [5.41, 5.74) is 1.91. The van der Waals surface area contributed by atoms with Crippen LogP contribution in [0, 0.1) is 3.57 Å². The van der Waals surface area contributed by atoms with Crippen LogP contribution in [0.1, 0.15) is 5.56 Å². The van der Waals surface area contributed by atoms with Gasteiger partial charge in [0.2, 0.25) is 0 Å². The van der Waals surface area contributed by atoms with Gasteiger partial charge in [-0.3, -0.25) is 4.99 Å². The van der Waals surface area contributed by atoms with Crippen LogP contribution in [-0.4, -0.2) is 6.21 Å². The topological polar surface area (TPSA) is 12.4 Å². The Labute approximate surface area is 148 Å². The molecule has 0 aromatic heterocycles. The highest BCUT2D eigenvalue weighted by atomic mass is 127. The first-order valence-electron chi connectivity index (χ1n) is 6.87. The molecule has 0 saturated heterocycles. The zero-order chi connectivity index (χ0) is 15.4. The summed E-state index contributed by atoms with van der Waals surface area (Å²) in [5.74, 6) is 0. The van der Waals surface area contributed by atoms with Crippen molar-refractivity contribution in [3.05, 3.63) is 81.9 Å². The quantitative estimate of drug-likeness (QED) is 0.344. The lowest BCUT2D eigenvalue weighted by Gasteiger charge is -2.02. The zero-order valence-electron chi connectivity index (χ0n) is 11.7. The molecule has 0 heterocycles. The van der Waals surface area contributed by atoms with Crippen molar-refractivity contribution in [1.82, 2.24) is 0 Å². The van der Waals surface area contributed by atoms with E-state index in [1.807, 2.05) is 48.5 Å². The van der Waals surface area contributed by atoms with E-state index < -0.39 is 0 Å². The van der Waals surface area contributed by atoms with Gasteiger partial charge in [0.05, 0.1) is 5.69 Å². The van der Waals surface area contributed by atoms with Crippen LogP contribution in [0.15, 0.2) is 77.8 Å². The summed E-state index contributed by atoms with van der Waals surface area (Å²) in [6.07, 6.45) is 3.56. The standard InChI is InChI=1S/C19H13ClIN/c20-19(11-12-22-18-9-7-17(21)8-10-18)16-6-5-14-3-1-2-4-15(14)13-16/h1-13H/b19-11-,22-12?. The predicted molar refractivity (Wildman–Crippen MR) is 105 cm³/mol. The smallest absolute Gasteiger partial charge is 0.0630 e. The van der Waals surface area contributed by atoms with Gasteiger partial charge in [0.15, 0.2) is 0 Å². The highest BCUT2D eigenvalue weighted by Gasteiger charge is 1.99. The van der Waals surface area contributed by atoms with Crippen molar-refractivity contribution in [3.63, 3.8) is 0 Å². The number of aliphatic imine (C=N–C) groups is 1. The van der Waals surface area contributed by atoms with Crippen LogP contribution in [0.5, 0.6) is 0 Å². The Balaban J connectivity index is 1.82. The van der Waals surface area contributed by atoms with Crippen LogP contribution in [-0.2, 0) is 0 Å². The Kier molecular flexibility index (Phi) is 4.90. The molecular formula is C19H13ClIN. The lowest BCUT2D eigenvalue weighted by atomic mass is 10.1. The largest absolute Gasteiger partial charge is 0.257 e. The van der Waals surface area contributed by atoms with E-state index in [2.05, 4.69) is 51.8 Å². The lowest BCUT2D eigenvalue weighted by Crippen LogP contribution is -1.79. The summed E-state index contributed by atoms with van der Waals surface area (Å²) < 4.78 is 1.20. The van der Waals surface area contributed by atoms with E-state index >= 15 is 0 Å². The van der Waals surface area contributed by atoms with Gasteiger partial charge in [-0.1, -0.05) is 48.0 Å². The van der Waals surface area contributed by atoms with E-state index in [0.717, 1.165) is 11.3 Å². The molecule has 108 valence electrons. The van der Waals surface area contributed by atoms with E-state index in [1.165, 1.54) is 14.3 Å². The first-order chi connectivity index (χ1) is 10.7. The molecule has 3 heteroatoms. The number of halogens is 2. The number of rotatable bonds is 3. The monoisotopic (exact) mass is 417 g/mol. The molecule has 0 saturated carbocycles. The fourth-order valence-electron chi connectivity index (χ4n) is 2.15. The van der Waals surface area contributed by atoms with E-state index in [-0.39, 0.29) is 0 Å². The van der Waals surface area contributed by atoms with Crippen LogP contribution in [0.25, 0.3) is 15.8 Å². The van der Waals surface area contributed by atoms with Crippen molar-refractivity contribution in [2.24, 2.45) is 4.99 Å². The van der Waals surface area contributed by atoms with Gasteiger partial charge < -0.3 is 0 Å². The third-order valence-electron chi connectivity index (χ3n) is 3.30. The first kappa shape index (κ1) is 15.3. The lowest BCUT2D eigenvalue weighted by molar-refractivity contribution is 1.52. The molecule has 3 aromatic carbocycles. The summed E-state index contributed by atoms with van der Waals surface area (Å²) in [4.78, 5) is 4.39. The molecular weight excluding hydrogens is 405 g/mol. The molecule has 0 fully saturated rings. The molecule has 0 atom stereocenters. The molecule has 1 nitrogen and oxygen atoms in total. The number of hydrogen-bond donors (Lipinski definition) is 0. The molecule has 0 aliphatic heterocycles. The van der Waals surface area contributed by atoms with E-state index in [9.17, 15) is 0 Å². The molecule has 0 bridgehead atoms. The normalized spacial score (nSPS) is 12.2. The second-order valence-electron chi connectivity index (χ2n) is 4.83. The van der Waals surface area contributed by atoms with E-state index in [0.29, 0.717) is 5.03 Å². The van der Waals surface area contributed by atoms with Crippen LogP contribution in [0.2, 0.25) is 0 Å². The van der Waals surface area contributed by atoms with Crippen molar-refractivity contribution in [2.75, 3.05) is 0 Å². The van der Waals surface area contributed by atoms with Gasteiger partial charge in [-0.25, -0.2) is 0 Å². The molecule has 0 aliphatic carbocycles. The molecule has 0 spiro atoms. The maximum Gasteiger partial charge on any atom is 0.0630 e. The number of nitrogens with zero attached hydrogens (tertiary/aromatic N) is 1. The molecule has 0 N–H and O–H groups in total. The maximum atomic E-state index is 6.37. The molecule has 0 unspecified atom stereocenters. The fraction of sp³-hybridized carbons (Fsp3) is 0. The minimum atomic E-state index is 0.681. The number of benzene rings is 3. The average Bonchev–Trinajstić information content (AvgIpc) is 2.56. The predicted octanol–water partition coefficient (Wildman–Crippen LogP) is 6.43. The minimum absolute atomic E-state index is 0.681. The van der Waals surface area contributed by atoms with Crippen LogP contribution < -0.4 is 0 Å². The van der Waals surface area contributed by atoms with Gasteiger partial charge >= 0.3 is 0 Å². The van der Waals surface area contributed by atoms with Crippen molar-refractivity contribution in [3.8, 4) is 0 Å². The maximum absolute atomic E-state index is 6.37. The van der Waals surface area contributed by atoms with E-state index in [1.54, 1.807) is 6.21 Å². The third-order valence-corrected chi connectivity index (χ3v) is 4.36. The zero-order valence-corrected chi connectivity index (χ0v) is 14.6. The second kappa shape index (κ2) is 7.07. The van der Waals surface area contributed by atoms with Crippen LogP contribution in [0.3, 0.4) is 0 Å². The molecule has 3 aromatic rings. The number of allylic oxidation sites excluding steroid dienone is 1. The van der Waals surface area contributed by atoms with E-state index in [4.69, 9.17) is 11.6 Å². The molecule has 3 rings (SSSR count). The summed E-state index contributed by atoms with van der Waals surface area (Å²) >= 11 is 8.64. The second-order valence-corrected chi connectivity index (χ2v) is 6.48. The highest BCUT2D eigenvalue weighted by molar-refractivity contribution is 14.1. The number of fused-ring (bicyclic) bond motifs is 1. The summed E-state index contributed by atoms with van der Waals surface area (Å²) in [6, 6.07) is 22.5. The Morgan fingerprint density at radius 2 is 1.64 bits per heavy atom. The van der Waals surface area contributed by atoms with Gasteiger partial charge in [-0.15, -0.1) is 0 Å². The summed E-state index contributed by atoms with van der Waals surface area (Å²) in [5, 5.41) is 3.07. The Bertz CT molecular complexity index is 851. The average molecular weight is 418 g/mol. The Hall–Kier alpha value is -1.65. The minimum Gasteiger partial charge on any atom is -0.257 e. The van der Waals surface area contributed by atoms with Crippen molar-refractivity contribution < 1.29 is 0 Å². The molecule has 0 aliphatic rings. The molecule has 0 amide bonds. The highest BCUT2D eigenvalue weighted by Crippen LogP contribution is 2.23. The number of hydrogen-bond acceptors (Lipinski definition) is 1. The summed E-state index contributed by atoms with van der Waals surface area (Å²) in [7, 11) is 0. The Morgan fingerprint density at radius 3 is 2.41 bits per heavy atom.